The van der Waals surface area contributed by atoms with Crippen LogP contribution >= 0.6 is 11.8 Å². The first-order valence-corrected chi connectivity index (χ1v) is 8.78. The number of urea groups is 1. The molecule has 0 saturated carbocycles. The van der Waals surface area contributed by atoms with Gasteiger partial charge < -0.3 is 9.73 Å². The number of thioether (sulfide) groups is 1. The van der Waals surface area contributed by atoms with Gasteiger partial charge in [-0.05, 0) is 25.5 Å². The molecule has 25 heavy (non-hydrogen) atoms. The van der Waals surface area contributed by atoms with Gasteiger partial charge in [0.25, 0.3) is 5.22 Å². The van der Waals surface area contributed by atoms with Crippen LogP contribution in [0.5, 0.6) is 0 Å². The van der Waals surface area contributed by atoms with Gasteiger partial charge in [-0.15, -0.1) is 10.2 Å². The molecule has 0 bridgehead atoms. The van der Waals surface area contributed by atoms with Crippen LogP contribution in [-0.4, -0.2) is 27.9 Å². The summed E-state index contributed by atoms with van der Waals surface area (Å²) >= 11 is 1.09. The minimum absolute atomic E-state index is 0.00603. The van der Waals surface area contributed by atoms with E-state index < -0.39 is 11.9 Å². The minimum Gasteiger partial charge on any atom is -0.415 e. The second-order valence-corrected chi connectivity index (χ2v) is 7.66. The molecule has 2 N–H and O–H groups in total. The Labute approximate surface area is 151 Å². The maximum atomic E-state index is 11.9. The number of carbonyl (C=O) groups excluding carboxylic acids is 2. The van der Waals surface area contributed by atoms with E-state index in [1.165, 1.54) is 0 Å². The molecule has 1 aromatic heterocycles. The summed E-state index contributed by atoms with van der Waals surface area (Å²) in [7, 11) is 0. The van der Waals surface area contributed by atoms with Crippen LogP contribution < -0.4 is 10.6 Å². The molecule has 134 valence electrons. The second-order valence-electron chi connectivity index (χ2n) is 6.73. The first-order chi connectivity index (χ1) is 11.6. The van der Waals surface area contributed by atoms with Gasteiger partial charge in [-0.1, -0.05) is 50.2 Å². The number of amides is 3. The molecule has 7 nitrogen and oxygen atoms in total. The lowest BCUT2D eigenvalue weighted by molar-refractivity contribution is -0.117. The molecule has 8 heteroatoms. The average Bonchev–Trinajstić information content (AvgIpc) is 2.97. The van der Waals surface area contributed by atoms with E-state index in [1.807, 2.05) is 46.8 Å². The van der Waals surface area contributed by atoms with Crippen molar-refractivity contribution >= 4 is 29.4 Å². The van der Waals surface area contributed by atoms with Gasteiger partial charge in [0.15, 0.2) is 0 Å². The molecule has 2 rings (SSSR count). The van der Waals surface area contributed by atoms with Crippen LogP contribution in [0.2, 0.25) is 0 Å². The van der Waals surface area contributed by atoms with Gasteiger partial charge >= 0.3 is 6.03 Å². The van der Waals surface area contributed by atoms with Crippen molar-refractivity contribution in [2.24, 2.45) is 0 Å². The zero-order valence-electron chi connectivity index (χ0n) is 15.0. The smallest absolute Gasteiger partial charge is 0.325 e. The zero-order valence-corrected chi connectivity index (χ0v) is 15.8. The van der Waals surface area contributed by atoms with E-state index in [-0.39, 0.29) is 11.2 Å². The number of imide groups is 1. The van der Waals surface area contributed by atoms with E-state index in [0.29, 0.717) is 16.8 Å². The summed E-state index contributed by atoms with van der Waals surface area (Å²) in [5, 5.41) is 13.1. The summed E-state index contributed by atoms with van der Waals surface area (Å²) < 4.78 is 5.49. The third-order valence-electron chi connectivity index (χ3n) is 3.26. The Hall–Kier alpha value is -2.35. The number of nitrogens with one attached hydrogen (secondary N) is 2. The number of carbonyl (C=O) groups is 2. The van der Waals surface area contributed by atoms with Gasteiger partial charge in [0.05, 0.1) is 5.75 Å². The standard InChI is InChI=1S/C17H22N4O3S/c1-10-6-7-12(11(2)8-10)18-15(23)19-13(22)9-25-16-21-20-14(24-16)17(3,4)5/h6-8H,9H2,1-5H3,(H2,18,19,22,23). The van der Waals surface area contributed by atoms with Crippen LogP contribution in [0, 0.1) is 13.8 Å². The van der Waals surface area contributed by atoms with Gasteiger partial charge in [0.1, 0.15) is 0 Å². The van der Waals surface area contributed by atoms with Crippen molar-refractivity contribution in [1.29, 1.82) is 0 Å². The third-order valence-corrected chi connectivity index (χ3v) is 4.08. The third kappa shape index (κ3) is 5.60. The van der Waals surface area contributed by atoms with Crippen LogP contribution in [0.25, 0.3) is 0 Å². The second kappa shape index (κ2) is 7.69. The number of rotatable bonds is 4. The molecular formula is C17H22N4O3S. The highest BCUT2D eigenvalue weighted by molar-refractivity contribution is 7.99. The summed E-state index contributed by atoms with van der Waals surface area (Å²) in [6, 6.07) is 5.08. The summed E-state index contributed by atoms with van der Waals surface area (Å²) in [6.45, 7) is 9.74. The Morgan fingerprint density at radius 2 is 1.92 bits per heavy atom. The van der Waals surface area contributed by atoms with Crippen molar-refractivity contribution in [2.45, 2.75) is 45.3 Å². The molecule has 0 atom stereocenters. The average molecular weight is 362 g/mol. The molecule has 0 unspecified atom stereocenters. The summed E-state index contributed by atoms with van der Waals surface area (Å²) in [5.41, 5.74) is 2.44. The van der Waals surface area contributed by atoms with Crippen molar-refractivity contribution in [3.05, 3.63) is 35.2 Å². The van der Waals surface area contributed by atoms with Crippen molar-refractivity contribution in [2.75, 3.05) is 11.1 Å². The fraction of sp³-hybridized carbons (Fsp3) is 0.412. The van der Waals surface area contributed by atoms with E-state index in [4.69, 9.17) is 4.42 Å². The van der Waals surface area contributed by atoms with Gasteiger partial charge in [0.2, 0.25) is 11.8 Å². The Balaban J connectivity index is 1.83. The maximum absolute atomic E-state index is 11.9. The predicted molar refractivity (Wildman–Crippen MR) is 96.8 cm³/mol. The number of aromatic nitrogens is 2. The van der Waals surface area contributed by atoms with E-state index in [2.05, 4.69) is 20.8 Å². The lowest BCUT2D eigenvalue weighted by Crippen LogP contribution is -2.35. The van der Waals surface area contributed by atoms with Crippen molar-refractivity contribution < 1.29 is 14.0 Å². The number of aryl methyl sites for hydroxylation is 2. The van der Waals surface area contributed by atoms with Crippen molar-refractivity contribution in [1.82, 2.24) is 15.5 Å². The van der Waals surface area contributed by atoms with E-state index in [0.717, 1.165) is 22.9 Å². The van der Waals surface area contributed by atoms with Crippen LogP contribution in [0.3, 0.4) is 0 Å². The SMILES string of the molecule is Cc1ccc(NC(=O)NC(=O)CSc2nnc(C(C)(C)C)o2)c(C)c1. The Kier molecular flexibility index (Phi) is 5.84. The largest absolute Gasteiger partial charge is 0.415 e. The normalized spacial score (nSPS) is 11.2. The highest BCUT2D eigenvalue weighted by atomic mass is 32.2. The molecule has 0 fully saturated rings. The fourth-order valence-electron chi connectivity index (χ4n) is 1.97. The van der Waals surface area contributed by atoms with Crippen LogP contribution in [0.15, 0.2) is 27.8 Å². The Morgan fingerprint density at radius 3 is 2.52 bits per heavy atom. The molecule has 0 spiro atoms. The van der Waals surface area contributed by atoms with E-state index in [9.17, 15) is 9.59 Å². The first kappa shape index (κ1) is 19.0. The van der Waals surface area contributed by atoms with Crippen molar-refractivity contribution in [3.8, 4) is 0 Å². The molecule has 0 radical (unpaired) electrons. The molecular weight excluding hydrogens is 340 g/mol. The van der Waals surface area contributed by atoms with E-state index >= 15 is 0 Å². The molecule has 0 aliphatic heterocycles. The highest BCUT2D eigenvalue weighted by Gasteiger charge is 2.22. The number of hydrogen-bond donors (Lipinski definition) is 2. The molecule has 0 saturated heterocycles. The summed E-state index contributed by atoms with van der Waals surface area (Å²) in [5.74, 6) is 0.0669. The lowest BCUT2D eigenvalue weighted by atomic mass is 9.97. The van der Waals surface area contributed by atoms with Crippen LogP contribution in [0.4, 0.5) is 10.5 Å². The Bertz CT molecular complexity index is 780. The summed E-state index contributed by atoms with van der Waals surface area (Å²) in [4.78, 5) is 23.8. The van der Waals surface area contributed by atoms with Gasteiger partial charge in [0, 0.05) is 11.1 Å². The molecule has 1 heterocycles. The van der Waals surface area contributed by atoms with Gasteiger partial charge in [-0.25, -0.2) is 4.79 Å². The monoisotopic (exact) mass is 362 g/mol. The van der Waals surface area contributed by atoms with Gasteiger partial charge in [-0.3, -0.25) is 10.1 Å². The quantitative estimate of drug-likeness (QED) is 0.809. The predicted octanol–water partition coefficient (Wildman–Crippen LogP) is 3.42. The molecule has 1 aromatic carbocycles. The molecule has 2 aromatic rings. The van der Waals surface area contributed by atoms with Crippen molar-refractivity contribution in [3.63, 3.8) is 0 Å². The number of hydrogen-bond acceptors (Lipinski definition) is 6. The number of benzene rings is 1. The van der Waals surface area contributed by atoms with Gasteiger partial charge in [-0.2, -0.15) is 0 Å². The maximum Gasteiger partial charge on any atom is 0.325 e. The van der Waals surface area contributed by atoms with Crippen LogP contribution in [0.1, 0.15) is 37.8 Å². The number of anilines is 1. The molecule has 3 amide bonds. The molecule has 0 aliphatic rings. The lowest BCUT2D eigenvalue weighted by Gasteiger charge is -2.11. The Morgan fingerprint density at radius 1 is 1.20 bits per heavy atom. The zero-order chi connectivity index (χ0) is 18.6. The fourth-order valence-corrected chi connectivity index (χ4v) is 2.53. The highest BCUT2D eigenvalue weighted by Crippen LogP contribution is 2.24. The van der Waals surface area contributed by atoms with E-state index in [1.54, 1.807) is 6.07 Å². The first-order valence-electron chi connectivity index (χ1n) is 7.80. The number of nitrogens with zero attached hydrogens (tertiary/aromatic N) is 2. The molecule has 0 aliphatic carbocycles. The van der Waals surface area contributed by atoms with Crippen LogP contribution in [-0.2, 0) is 10.2 Å². The summed E-state index contributed by atoms with van der Waals surface area (Å²) in [6.07, 6.45) is 0. The minimum atomic E-state index is -0.571. The topological polar surface area (TPSA) is 97.1 Å².